The van der Waals surface area contributed by atoms with Gasteiger partial charge in [0.15, 0.2) is 10.2 Å². The molecule has 0 rings (SSSR count). The predicted molar refractivity (Wildman–Crippen MR) is 67.5 cm³/mol. The van der Waals surface area contributed by atoms with Gasteiger partial charge in [-0.1, -0.05) is 12.2 Å². The van der Waals surface area contributed by atoms with E-state index in [1.807, 2.05) is 5.43 Å². The van der Waals surface area contributed by atoms with Crippen molar-refractivity contribution in [1.82, 2.24) is 5.43 Å². The van der Waals surface area contributed by atoms with Gasteiger partial charge >= 0.3 is 0 Å². The minimum atomic E-state index is 0.000000000000000222. The summed E-state index contributed by atoms with van der Waals surface area (Å²) in [7, 11) is 0. The summed E-state index contributed by atoms with van der Waals surface area (Å²) in [4.78, 5) is 0.500. The van der Waals surface area contributed by atoms with Crippen LogP contribution in [-0.4, -0.2) is 15.2 Å². The fourth-order valence-electron chi connectivity index (χ4n) is 0. The van der Waals surface area contributed by atoms with Crippen LogP contribution in [0.5, 0.6) is 0 Å². The standard InChI is InChI=1S/C2H5NS.CH5N3S.CH4N2S/c1-2(3)4;2-1(5)4-3;2-1(3)4/h1H3,(H2,3,4);3H2,(H3,2,4,5);(H4,2,3,4). The van der Waals surface area contributed by atoms with Crippen LogP contribution in [0.4, 0.5) is 0 Å². The average molecular weight is 242 g/mol. The van der Waals surface area contributed by atoms with Crippen molar-refractivity contribution < 1.29 is 0 Å². The number of hydrogen-bond donors (Lipinski definition) is 6. The zero-order valence-corrected chi connectivity index (χ0v) is 9.56. The van der Waals surface area contributed by atoms with E-state index < -0.39 is 0 Å². The van der Waals surface area contributed by atoms with Crippen molar-refractivity contribution in [3.63, 3.8) is 0 Å². The molecule has 0 aliphatic rings. The molecule has 0 radical (unpaired) electrons. The maximum absolute atomic E-state index is 4.84. The quantitative estimate of drug-likeness (QED) is 0.164. The largest absolute Gasteiger partial charge is 0.394 e. The van der Waals surface area contributed by atoms with Crippen LogP contribution in [0.25, 0.3) is 0 Å². The lowest BCUT2D eigenvalue weighted by Gasteiger charge is -1.85. The molecule has 0 atom stereocenters. The molecule has 0 aromatic carbocycles. The Bertz CT molecular complexity index is 149. The number of hydrogen-bond acceptors (Lipinski definition) is 4. The molecule has 78 valence electrons. The average Bonchev–Trinajstić information content (AvgIpc) is 1.84. The third kappa shape index (κ3) is 632. The summed E-state index contributed by atoms with van der Waals surface area (Å²) in [6.07, 6.45) is 0. The van der Waals surface area contributed by atoms with Crippen LogP contribution in [0.3, 0.4) is 0 Å². The maximum atomic E-state index is 4.84. The van der Waals surface area contributed by atoms with Gasteiger partial charge in [-0.15, -0.1) is 0 Å². The Kier molecular flexibility index (Phi) is 19.2. The molecule has 0 aromatic heterocycles. The number of hydrazine groups is 1. The van der Waals surface area contributed by atoms with Gasteiger partial charge in [-0.05, 0) is 31.4 Å². The van der Waals surface area contributed by atoms with Crippen LogP contribution < -0.4 is 34.2 Å². The molecular weight excluding hydrogens is 228 g/mol. The molecule has 6 nitrogen and oxygen atoms in total. The van der Waals surface area contributed by atoms with Crippen molar-refractivity contribution in [1.29, 1.82) is 0 Å². The molecule has 0 amide bonds. The highest BCUT2D eigenvalue weighted by molar-refractivity contribution is 7.80. The van der Waals surface area contributed by atoms with Gasteiger partial charge in [0.1, 0.15) is 0 Å². The van der Waals surface area contributed by atoms with E-state index >= 15 is 0 Å². The molecule has 11 N–H and O–H groups in total. The molecule has 0 aliphatic heterocycles. The predicted octanol–water partition coefficient (Wildman–Crippen LogP) is -1.83. The molecule has 0 aliphatic carbocycles. The van der Waals surface area contributed by atoms with Gasteiger partial charge in [-0.3, -0.25) is 0 Å². The summed E-state index contributed by atoms with van der Waals surface area (Å²) in [5.41, 5.74) is 20.9. The summed E-state index contributed by atoms with van der Waals surface area (Å²) < 4.78 is 0. The first-order valence-corrected chi connectivity index (χ1v) is 4.03. The van der Waals surface area contributed by atoms with Crippen molar-refractivity contribution in [3.8, 4) is 0 Å². The second kappa shape index (κ2) is 13.8. The Balaban J connectivity index is -0.000000117. The van der Waals surface area contributed by atoms with Gasteiger partial charge in [0.25, 0.3) is 0 Å². The van der Waals surface area contributed by atoms with E-state index in [4.69, 9.17) is 11.5 Å². The summed E-state index contributed by atoms with van der Waals surface area (Å²) in [6, 6.07) is 0. The molecular formula is C4H14N6S3. The molecule has 0 saturated heterocycles. The first kappa shape index (κ1) is 18.1. The zero-order valence-electron chi connectivity index (χ0n) is 7.11. The Hall–Kier alpha value is -0.770. The van der Waals surface area contributed by atoms with Crippen molar-refractivity contribution in [3.05, 3.63) is 0 Å². The molecule has 0 aromatic rings. The van der Waals surface area contributed by atoms with E-state index in [0.717, 1.165) is 0 Å². The molecule has 0 fully saturated rings. The van der Waals surface area contributed by atoms with Crippen molar-refractivity contribution >= 4 is 51.9 Å². The lowest BCUT2D eigenvalue weighted by molar-refractivity contribution is 1.03. The fourth-order valence-corrected chi connectivity index (χ4v) is 0. The van der Waals surface area contributed by atoms with Gasteiger partial charge in [0.05, 0.1) is 4.99 Å². The summed E-state index contributed by atoms with van der Waals surface area (Å²) in [6.45, 7) is 1.68. The van der Waals surface area contributed by atoms with Crippen molar-refractivity contribution in [2.45, 2.75) is 6.92 Å². The summed E-state index contributed by atoms with van der Waals surface area (Å²) in [5, 5.41) is 0.116. The SMILES string of the molecule is CC(N)=S.NC(N)=S.NNC(N)=S. The molecule has 13 heavy (non-hydrogen) atoms. The monoisotopic (exact) mass is 242 g/mol. The van der Waals surface area contributed by atoms with Crippen molar-refractivity contribution in [2.75, 3.05) is 0 Å². The second-order valence-corrected chi connectivity index (χ2v) is 3.08. The van der Waals surface area contributed by atoms with E-state index in [9.17, 15) is 0 Å². The first-order chi connectivity index (χ1) is 5.73. The third-order valence-electron chi connectivity index (χ3n) is 0.142. The first-order valence-electron chi connectivity index (χ1n) is 2.81. The molecule has 0 heterocycles. The molecule has 0 spiro atoms. The fraction of sp³-hybridized carbons (Fsp3) is 0.250. The number of nitrogens with one attached hydrogen (secondary N) is 1. The van der Waals surface area contributed by atoms with Crippen LogP contribution in [0, 0.1) is 0 Å². The number of thiocarbonyl (C=S) groups is 3. The highest BCUT2D eigenvalue weighted by Crippen LogP contribution is 1.48. The lowest BCUT2D eigenvalue weighted by atomic mass is 10.8. The van der Waals surface area contributed by atoms with Gasteiger partial charge < -0.3 is 28.4 Å². The number of rotatable bonds is 0. The molecule has 0 bridgehead atoms. The van der Waals surface area contributed by atoms with Gasteiger partial charge in [-0.2, -0.15) is 0 Å². The van der Waals surface area contributed by atoms with Crippen LogP contribution in [0.1, 0.15) is 6.92 Å². The topological polar surface area (TPSA) is 142 Å². The Morgan fingerprint density at radius 2 is 1.08 bits per heavy atom. The van der Waals surface area contributed by atoms with Gasteiger partial charge in [0.2, 0.25) is 0 Å². The van der Waals surface area contributed by atoms with E-state index in [1.54, 1.807) is 6.92 Å². The van der Waals surface area contributed by atoms with Gasteiger partial charge in [-0.25, -0.2) is 5.84 Å². The van der Waals surface area contributed by atoms with Crippen LogP contribution in [0.15, 0.2) is 0 Å². The summed E-state index contributed by atoms with van der Waals surface area (Å²) in [5.74, 6) is 4.66. The van der Waals surface area contributed by atoms with E-state index in [2.05, 4.69) is 54.0 Å². The molecule has 9 heteroatoms. The zero-order chi connectivity index (χ0) is 11.4. The van der Waals surface area contributed by atoms with E-state index in [1.165, 1.54) is 0 Å². The third-order valence-corrected chi connectivity index (χ3v) is 0.260. The highest BCUT2D eigenvalue weighted by Gasteiger charge is 1.66. The summed E-state index contributed by atoms with van der Waals surface area (Å²) >= 11 is 12.6. The van der Waals surface area contributed by atoms with Crippen LogP contribution in [0.2, 0.25) is 0 Å². The maximum Gasteiger partial charge on any atom is 0.177 e. The molecule has 0 saturated carbocycles. The van der Waals surface area contributed by atoms with Crippen LogP contribution >= 0.6 is 36.7 Å². The number of nitrogens with two attached hydrogens (primary N) is 5. The minimum absolute atomic E-state index is 0.000000000000000222. The second-order valence-electron chi connectivity index (χ2n) is 1.52. The Morgan fingerprint density at radius 3 is 1.08 bits per heavy atom. The normalized spacial score (nSPS) is 6.31. The smallest absolute Gasteiger partial charge is 0.177 e. The highest BCUT2D eigenvalue weighted by atomic mass is 32.1. The Labute approximate surface area is 93.1 Å². The van der Waals surface area contributed by atoms with Crippen molar-refractivity contribution in [2.24, 2.45) is 28.8 Å². The molecule has 0 unspecified atom stereocenters. The lowest BCUT2D eigenvalue weighted by Crippen LogP contribution is -2.34. The van der Waals surface area contributed by atoms with E-state index in [0.29, 0.717) is 4.99 Å². The van der Waals surface area contributed by atoms with Gasteiger partial charge in [0, 0.05) is 0 Å². The minimum Gasteiger partial charge on any atom is -0.394 e. The van der Waals surface area contributed by atoms with E-state index in [-0.39, 0.29) is 10.2 Å². The Morgan fingerprint density at radius 1 is 1.00 bits per heavy atom. The van der Waals surface area contributed by atoms with Crippen LogP contribution in [-0.2, 0) is 0 Å².